The number of anilines is 1. The number of hydrogen-bond donors (Lipinski definition) is 3. The number of esters is 2. The van der Waals surface area contributed by atoms with Crippen LogP contribution in [0.1, 0.15) is 30.8 Å². The lowest BCUT2D eigenvalue weighted by atomic mass is 10.1. The van der Waals surface area contributed by atoms with Gasteiger partial charge in [0.25, 0.3) is 0 Å². The number of hydrogen-bond acceptors (Lipinski definition) is 15. The van der Waals surface area contributed by atoms with Crippen molar-refractivity contribution in [2.45, 2.75) is 25.5 Å². The SMILES string of the molecule is CCOC(=O)CC(SP(=S)(OC)OC)C(=O)OCC.COc1c(Cl)ccc(-c2cc(N)c(Cl)c(C(=O)O)n2)c1F.O=C(O)COc1ccc(Cl)c2cccnc12. The molecule has 0 aliphatic carbocycles. The third-order valence-corrected chi connectivity index (χ3v) is 13.6. The van der Waals surface area contributed by atoms with Gasteiger partial charge in [-0.2, -0.15) is 0 Å². The summed E-state index contributed by atoms with van der Waals surface area (Å²) in [6, 6.07) is 10.9. The van der Waals surface area contributed by atoms with Gasteiger partial charge in [0.1, 0.15) is 16.5 Å². The van der Waals surface area contributed by atoms with Crippen molar-refractivity contribution in [3.63, 3.8) is 0 Å². The molecule has 1 unspecified atom stereocenters. The number of carboxylic acid groups (broad SMARTS) is 2. The third-order valence-electron chi connectivity index (χ3n) is 6.66. The van der Waals surface area contributed by atoms with Crippen molar-refractivity contribution in [2.24, 2.45) is 0 Å². The Bertz CT molecular complexity index is 2080. The summed E-state index contributed by atoms with van der Waals surface area (Å²) in [6.45, 7) is 3.46. The minimum atomic E-state index is -2.65. The normalized spacial score (nSPS) is 11.2. The molecule has 0 fully saturated rings. The Morgan fingerprint density at radius 2 is 1.62 bits per heavy atom. The molecule has 0 saturated carbocycles. The Balaban J connectivity index is 0.000000293. The number of benzene rings is 2. The summed E-state index contributed by atoms with van der Waals surface area (Å²) in [5.74, 6) is -3.92. The van der Waals surface area contributed by atoms with Gasteiger partial charge in [-0.1, -0.05) is 46.2 Å². The van der Waals surface area contributed by atoms with Crippen molar-refractivity contribution in [2.75, 3.05) is 46.9 Å². The molecule has 0 spiro atoms. The standard InChI is InChI=1S/C13H9Cl2FN2O3.C11H8ClNO3.C10H19O6PS2/c1-21-12-6(14)3-2-5(10(12)16)8-4-7(17)9(15)11(18-8)13(19)20;12-8-3-4-9(16-6-10(14)15)11-7(8)2-1-5-13-11;1-5-15-9(11)7-8(10(12)16-6-2)19-17(18,13-3)14-4/h2-4H,1H3,(H2,17,18)(H,19,20);1-5H,6H2,(H,14,15);8H,5-7H2,1-4H3. The number of fused-ring (bicyclic) bond motifs is 1. The lowest BCUT2D eigenvalue weighted by molar-refractivity contribution is -0.149. The molecule has 2 aromatic heterocycles. The Hall–Kier alpha value is -4.00. The van der Waals surface area contributed by atoms with Crippen LogP contribution >= 0.6 is 51.9 Å². The molecular weight excluding hydrogens is 863 g/mol. The highest BCUT2D eigenvalue weighted by Gasteiger charge is 2.32. The van der Waals surface area contributed by atoms with Crippen molar-refractivity contribution < 1.29 is 61.8 Å². The van der Waals surface area contributed by atoms with E-state index >= 15 is 0 Å². The van der Waals surface area contributed by atoms with Crippen LogP contribution in [-0.4, -0.2) is 90.5 Å². The summed E-state index contributed by atoms with van der Waals surface area (Å²) in [4.78, 5) is 52.7. The predicted molar refractivity (Wildman–Crippen MR) is 215 cm³/mol. The van der Waals surface area contributed by atoms with E-state index in [4.69, 9.17) is 90.6 Å². The Morgan fingerprint density at radius 3 is 2.20 bits per heavy atom. The average molecular weight is 899 g/mol. The summed E-state index contributed by atoms with van der Waals surface area (Å²) in [6.07, 6.45) is 1.48. The van der Waals surface area contributed by atoms with E-state index in [1.807, 2.05) is 0 Å². The van der Waals surface area contributed by atoms with Crippen molar-refractivity contribution in [1.82, 2.24) is 9.97 Å². The second kappa shape index (κ2) is 23.3. The highest BCUT2D eigenvalue weighted by Crippen LogP contribution is 2.62. The lowest BCUT2D eigenvalue weighted by Gasteiger charge is -2.21. The van der Waals surface area contributed by atoms with E-state index in [1.54, 1.807) is 44.3 Å². The minimum absolute atomic E-state index is 0.00196. The fourth-order valence-corrected chi connectivity index (χ4v) is 8.68. The number of nitrogens with zero attached hydrogens (tertiary/aromatic N) is 2. The summed E-state index contributed by atoms with van der Waals surface area (Å²) in [5.41, 5.74) is 3.09. The van der Waals surface area contributed by atoms with E-state index in [9.17, 15) is 23.6 Å². The number of rotatable bonds is 15. The first-order chi connectivity index (χ1) is 26.5. The number of aliphatic carboxylic acids is 1. The summed E-state index contributed by atoms with van der Waals surface area (Å²) >= 11 is 23.7. The molecule has 4 N–H and O–H groups in total. The molecule has 2 aromatic carbocycles. The fourth-order valence-electron chi connectivity index (χ4n) is 4.20. The summed E-state index contributed by atoms with van der Waals surface area (Å²) in [5, 5.41) is 18.0. The first-order valence-electron chi connectivity index (χ1n) is 15.8. The van der Waals surface area contributed by atoms with Gasteiger partial charge in [-0.3, -0.25) is 14.6 Å². The number of aromatic carboxylic acids is 1. The van der Waals surface area contributed by atoms with Crippen molar-refractivity contribution in [3.05, 3.63) is 75.2 Å². The first kappa shape index (κ1) is 48.1. The number of carboxylic acids is 2. The van der Waals surface area contributed by atoms with Gasteiger partial charge in [0, 0.05) is 31.4 Å². The van der Waals surface area contributed by atoms with E-state index in [0.29, 0.717) is 16.3 Å². The quantitative estimate of drug-likeness (QED) is 0.0762. The number of carbonyl (C=O) groups is 4. The van der Waals surface area contributed by atoms with Crippen LogP contribution < -0.4 is 15.2 Å². The van der Waals surface area contributed by atoms with Crippen molar-refractivity contribution in [1.29, 1.82) is 0 Å². The van der Waals surface area contributed by atoms with Gasteiger partial charge in [-0.15, -0.1) is 0 Å². The maximum Gasteiger partial charge on any atom is 0.356 e. The number of ether oxygens (including phenoxy) is 4. The third kappa shape index (κ3) is 13.9. The van der Waals surface area contributed by atoms with Gasteiger partial charge in [0.15, 0.2) is 23.9 Å². The predicted octanol–water partition coefficient (Wildman–Crippen LogP) is 7.96. The maximum absolute atomic E-state index is 14.3. The van der Waals surface area contributed by atoms with Crippen molar-refractivity contribution >= 4 is 104 Å². The molecule has 4 aromatic rings. The Morgan fingerprint density at radius 1 is 0.982 bits per heavy atom. The van der Waals surface area contributed by atoms with Crippen LogP contribution in [-0.2, 0) is 44.7 Å². The highest BCUT2D eigenvalue weighted by molar-refractivity contribution is 8.68. The van der Waals surface area contributed by atoms with Crippen LogP contribution in [0.2, 0.25) is 15.1 Å². The zero-order valence-corrected chi connectivity index (χ0v) is 35.0. The van der Waals surface area contributed by atoms with Crippen LogP contribution in [0.25, 0.3) is 22.2 Å². The number of nitrogens with two attached hydrogens (primary N) is 1. The number of halogens is 4. The number of nitrogen functional groups attached to an aromatic ring is 1. The topological polar surface area (TPSA) is 216 Å². The molecule has 0 aliphatic heterocycles. The summed E-state index contributed by atoms with van der Waals surface area (Å²) < 4.78 is 44.2. The summed E-state index contributed by atoms with van der Waals surface area (Å²) in [7, 11) is 4.08. The van der Waals surface area contributed by atoms with Crippen LogP contribution in [0.4, 0.5) is 10.1 Å². The Kier molecular flexibility index (Phi) is 20.0. The highest BCUT2D eigenvalue weighted by atomic mass is 35.5. The van der Waals surface area contributed by atoms with Gasteiger partial charge in [0.05, 0.1) is 53.2 Å². The maximum atomic E-state index is 14.3. The van der Waals surface area contributed by atoms with E-state index < -0.39 is 52.9 Å². The largest absolute Gasteiger partial charge is 0.492 e. The molecule has 4 rings (SSSR count). The molecule has 0 aliphatic rings. The smallest absolute Gasteiger partial charge is 0.356 e. The Labute approximate surface area is 344 Å². The molecule has 0 radical (unpaired) electrons. The van der Waals surface area contributed by atoms with Gasteiger partial charge < -0.3 is 43.9 Å². The molecular formula is C34H36Cl3FN3O12PS2. The number of aromatic nitrogens is 2. The van der Waals surface area contributed by atoms with E-state index in [2.05, 4.69) is 9.97 Å². The number of methoxy groups -OCH3 is 1. The van der Waals surface area contributed by atoms with Crippen LogP contribution in [0, 0.1) is 5.82 Å². The number of pyridine rings is 2. The lowest BCUT2D eigenvalue weighted by Crippen LogP contribution is -2.24. The van der Waals surface area contributed by atoms with Gasteiger partial charge >= 0.3 is 23.9 Å². The monoisotopic (exact) mass is 897 g/mol. The molecule has 0 bridgehead atoms. The van der Waals surface area contributed by atoms with E-state index in [0.717, 1.165) is 16.8 Å². The molecule has 22 heteroatoms. The molecule has 1 atom stereocenters. The van der Waals surface area contributed by atoms with Gasteiger partial charge in [0.2, 0.25) is 5.69 Å². The van der Waals surface area contributed by atoms with E-state index in [1.165, 1.54) is 39.5 Å². The molecule has 56 heavy (non-hydrogen) atoms. The minimum Gasteiger partial charge on any atom is -0.492 e. The zero-order valence-electron chi connectivity index (χ0n) is 30.2. The number of carbonyl (C=O) groups excluding carboxylic acids is 2. The fraction of sp³-hybridized carbons (Fsp3) is 0.294. The van der Waals surface area contributed by atoms with Crippen LogP contribution in [0.15, 0.2) is 48.7 Å². The second-order valence-corrected chi connectivity index (χ2v) is 18.1. The second-order valence-electron chi connectivity index (χ2n) is 10.3. The molecule has 0 amide bonds. The molecule has 304 valence electrons. The first-order valence-corrected chi connectivity index (χ1v) is 21.0. The molecule has 15 nitrogen and oxygen atoms in total. The molecule has 2 heterocycles. The van der Waals surface area contributed by atoms with Crippen molar-refractivity contribution in [3.8, 4) is 22.8 Å². The van der Waals surface area contributed by atoms with Gasteiger partial charge in [-0.25, -0.2) is 19.0 Å². The van der Waals surface area contributed by atoms with Crippen LogP contribution in [0.5, 0.6) is 11.5 Å². The van der Waals surface area contributed by atoms with Crippen LogP contribution in [0.3, 0.4) is 0 Å². The zero-order chi connectivity index (χ0) is 42.2. The van der Waals surface area contributed by atoms with E-state index in [-0.39, 0.29) is 52.4 Å². The van der Waals surface area contributed by atoms with Gasteiger partial charge in [-0.05, 0) is 68.1 Å². The average Bonchev–Trinajstić information content (AvgIpc) is 3.16. The molecule has 0 saturated heterocycles.